The molecule has 1 aliphatic heterocycles. The summed E-state index contributed by atoms with van der Waals surface area (Å²) in [7, 11) is 2.90. The molecule has 0 bridgehead atoms. The fraction of sp³-hybridized carbons (Fsp3) is 0.429. The molecule has 4 atom stereocenters. The molecule has 0 spiro atoms. The summed E-state index contributed by atoms with van der Waals surface area (Å²) < 4.78 is 30.4. The van der Waals surface area contributed by atoms with Gasteiger partial charge in [-0.15, -0.1) is 0 Å². The number of phenols is 1. The van der Waals surface area contributed by atoms with Crippen molar-refractivity contribution in [2.45, 2.75) is 36.9 Å². The first-order chi connectivity index (χ1) is 13.8. The fourth-order valence-corrected chi connectivity index (χ4v) is 3.82. The lowest BCUT2D eigenvalue weighted by molar-refractivity contribution is -0.345. The molecule has 0 aliphatic carbocycles. The van der Waals surface area contributed by atoms with Crippen LogP contribution in [0.5, 0.6) is 5.75 Å². The van der Waals surface area contributed by atoms with E-state index in [9.17, 15) is 19.7 Å². The minimum Gasteiger partial charge on any atom is -0.505 e. The average Bonchev–Trinajstić information content (AvgIpc) is 2.69. The maximum Gasteiger partial charge on any atom is 0.224 e. The number of aliphatic hydroxyl groups is 2. The largest absolute Gasteiger partial charge is 0.505 e. The molecule has 1 heterocycles. The Morgan fingerprint density at radius 2 is 1.97 bits per heavy atom. The molecule has 0 radical (unpaired) electrons. The number of methoxy groups -OCH3 is 2. The topological polar surface area (TPSA) is 88.4 Å². The third kappa shape index (κ3) is 4.40. The smallest absolute Gasteiger partial charge is 0.224 e. The molecular formula is C21H24ClFO6. The van der Waals surface area contributed by atoms with E-state index in [1.165, 1.54) is 26.4 Å². The van der Waals surface area contributed by atoms with Crippen LogP contribution in [0.15, 0.2) is 36.4 Å². The van der Waals surface area contributed by atoms with Gasteiger partial charge in [-0.2, -0.15) is 0 Å². The van der Waals surface area contributed by atoms with E-state index < -0.39 is 35.7 Å². The van der Waals surface area contributed by atoms with E-state index in [-0.39, 0.29) is 19.4 Å². The van der Waals surface area contributed by atoms with Gasteiger partial charge in [0.1, 0.15) is 6.10 Å². The Balaban J connectivity index is 1.98. The second kappa shape index (κ2) is 8.95. The van der Waals surface area contributed by atoms with Gasteiger partial charge in [0, 0.05) is 31.2 Å². The number of halogens is 2. The van der Waals surface area contributed by atoms with Gasteiger partial charge in [0.25, 0.3) is 0 Å². The first-order valence-electron chi connectivity index (χ1n) is 9.15. The standard InChI is InChI=1S/C21H24ClFO6/c1-27-11-15-10-19(25)20(26)21(28-2,29-15)14-4-5-16(22)13(9-14)7-12-3-6-18(24)17(23)8-12/h3-6,8-9,15,19-20,24-26H,7,10-11H2,1-2H3. The Morgan fingerprint density at radius 1 is 1.21 bits per heavy atom. The normalized spacial score (nSPS) is 27.2. The molecule has 6 nitrogen and oxygen atoms in total. The van der Waals surface area contributed by atoms with Crippen molar-refractivity contribution in [3.63, 3.8) is 0 Å². The van der Waals surface area contributed by atoms with Crippen LogP contribution in [0, 0.1) is 5.82 Å². The van der Waals surface area contributed by atoms with E-state index in [1.54, 1.807) is 24.3 Å². The van der Waals surface area contributed by atoms with Gasteiger partial charge in [0.15, 0.2) is 11.6 Å². The van der Waals surface area contributed by atoms with E-state index in [4.69, 9.17) is 25.8 Å². The van der Waals surface area contributed by atoms with Crippen molar-refractivity contribution >= 4 is 11.6 Å². The van der Waals surface area contributed by atoms with Crippen LogP contribution in [-0.2, 0) is 26.4 Å². The predicted molar refractivity (Wildman–Crippen MR) is 104 cm³/mol. The van der Waals surface area contributed by atoms with Crippen LogP contribution in [0.4, 0.5) is 4.39 Å². The van der Waals surface area contributed by atoms with Crippen LogP contribution < -0.4 is 0 Å². The zero-order valence-electron chi connectivity index (χ0n) is 16.1. The van der Waals surface area contributed by atoms with Gasteiger partial charge in [0.05, 0.1) is 18.8 Å². The molecule has 0 aromatic heterocycles. The van der Waals surface area contributed by atoms with Gasteiger partial charge in [-0.3, -0.25) is 0 Å². The van der Waals surface area contributed by atoms with Crippen molar-refractivity contribution < 1.29 is 33.9 Å². The third-order valence-corrected chi connectivity index (χ3v) is 5.48. The first-order valence-corrected chi connectivity index (χ1v) is 9.52. The van der Waals surface area contributed by atoms with E-state index in [1.807, 2.05) is 0 Å². The summed E-state index contributed by atoms with van der Waals surface area (Å²) in [6.45, 7) is 0.224. The highest BCUT2D eigenvalue weighted by Gasteiger charge is 2.51. The summed E-state index contributed by atoms with van der Waals surface area (Å²) in [5, 5.41) is 30.9. The first kappa shape index (κ1) is 22.0. The van der Waals surface area contributed by atoms with E-state index in [0.29, 0.717) is 21.7 Å². The molecule has 0 saturated carbocycles. The fourth-order valence-electron chi connectivity index (χ4n) is 3.64. The average molecular weight is 427 g/mol. The van der Waals surface area contributed by atoms with Crippen molar-refractivity contribution in [3.05, 3.63) is 63.9 Å². The summed E-state index contributed by atoms with van der Waals surface area (Å²) in [4.78, 5) is 0. The van der Waals surface area contributed by atoms with Gasteiger partial charge in [0.2, 0.25) is 5.79 Å². The maximum absolute atomic E-state index is 13.7. The molecule has 158 valence electrons. The SMILES string of the molecule is COCC1CC(O)C(O)C(OC)(c2ccc(Cl)c(Cc3ccc(O)c(F)c3)c2)O1. The molecule has 0 amide bonds. The summed E-state index contributed by atoms with van der Waals surface area (Å²) in [6, 6.07) is 9.08. The number of benzene rings is 2. The molecule has 1 saturated heterocycles. The van der Waals surface area contributed by atoms with Gasteiger partial charge >= 0.3 is 0 Å². The zero-order valence-corrected chi connectivity index (χ0v) is 16.9. The number of ether oxygens (including phenoxy) is 3. The highest BCUT2D eigenvalue weighted by molar-refractivity contribution is 6.31. The molecule has 29 heavy (non-hydrogen) atoms. The van der Waals surface area contributed by atoms with Gasteiger partial charge in [-0.25, -0.2) is 4.39 Å². The van der Waals surface area contributed by atoms with Crippen molar-refractivity contribution in [1.29, 1.82) is 0 Å². The summed E-state index contributed by atoms with van der Waals surface area (Å²) in [5.74, 6) is -2.76. The quantitative estimate of drug-likeness (QED) is 0.658. The predicted octanol–water partition coefficient (Wildman–Crippen LogP) is 2.73. The second-order valence-corrected chi connectivity index (χ2v) is 7.49. The molecular weight excluding hydrogens is 403 g/mol. The number of hydrogen-bond acceptors (Lipinski definition) is 6. The van der Waals surface area contributed by atoms with E-state index >= 15 is 0 Å². The van der Waals surface area contributed by atoms with Gasteiger partial charge in [-0.1, -0.05) is 23.7 Å². The number of aliphatic hydroxyl groups excluding tert-OH is 2. The Kier molecular flexibility index (Phi) is 6.78. The minimum atomic E-state index is -1.61. The van der Waals surface area contributed by atoms with Crippen LogP contribution in [0.1, 0.15) is 23.1 Å². The number of aromatic hydroxyl groups is 1. The highest BCUT2D eigenvalue weighted by Crippen LogP contribution is 2.40. The maximum atomic E-state index is 13.7. The molecule has 2 aromatic rings. The van der Waals surface area contributed by atoms with Crippen LogP contribution >= 0.6 is 11.6 Å². The van der Waals surface area contributed by atoms with Crippen LogP contribution in [0.2, 0.25) is 5.02 Å². The van der Waals surface area contributed by atoms with Gasteiger partial charge < -0.3 is 29.5 Å². The summed E-state index contributed by atoms with van der Waals surface area (Å²) >= 11 is 6.33. The number of rotatable bonds is 6. The Hall–Kier alpha value is -1.74. The van der Waals surface area contributed by atoms with Crippen molar-refractivity contribution in [3.8, 4) is 5.75 Å². The Morgan fingerprint density at radius 3 is 2.62 bits per heavy atom. The van der Waals surface area contributed by atoms with Crippen molar-refractivity contribution in [2.24, 2.45) is 0 Å². The van der Waals surface area contributed by atoms with E-state index in [2.05, 4.69) is 0 Å². The Bertz CT molecular complexity index is 863. The summed E-state index contributed by atoms with van der Waals surface area (Å²) in [6.07, 6.45) is -2.41. The molecule has 3 N–H and O–H groups in total. The molecule has 2 aromatic carbocycles. The molecule has 1 aliphatic rings. The lowest BCUT2D eigenvalue weighted by Crippen LogP contribution is -2.57. The highest BCUT2D eigenvalue weighted by atomic mass is 35.5. The second-order valence-electron chi connectivity index (χ2n) is 7.08. The number of phenolic OH excluding ortho intramolecular Hbond substituents is 1. The molecule has 8 heteroatoms. The van der Waals surface area contributed by atoms with Crippen molar-refractivity contribution in [2.75, 3.05) is 20.8 Å². The zero-order chi connectivity index (χ0) is 21.2. The van der Waals surface area contributed by atoms with E-state index in [0.717, 1.165) is 0 Å². The molecule has 4 unspecified atom stereocenters. The lowest BCUT2D eigenvalue weighted by Gasteiger charge is -2.45. The minimum absolute atomic E-state index is 0.202. The molecule has 1 fully saturated rings. The van der Waals surface area contributed by atoms with Crippen LogP contribution in [0.25, 0.3) is 0 Å². The monoisotopic (exact) mass is 426 g/mol. The summed E-state index contributed by atoms with van der Waals surface area (Å²) in [5.41, 5.74) is 1.71. The lowest BCUT2D eigenvalue weighted by atomic mass is 9.88. The van der Waals surface area contributed by atoms with Crippen LogP contribution in [-0.4, -0.2) is 54.5 Å². The van der Waals surface area contributed by atoms with Crippen molar-refractivity contribution in [1.82, 2.24) is 0 Å². The molecule has 3 rings (SSSR count). The number of hydrogen-bond donors (Lipinski definition) is 3. The Labute approximate surface area is 173 Å². The van der Waals surface area contributed by atoms with Gasteiger partial charge in [-0.05, 0) is 41.8 Å². The third-order valence-electron chi connectivity index (χ3n) is 5.11. The van der Waals surface area contributed by atoms with Crippen LogP contribution in [0.3, 0.4) is 0 Å².